The summed E-state index contributed by atoms with van der Waals surface area (Å²) < 4.78 is 0. The van der Waals surface area contributed by atoms with Crippen molar-refractivity contribution in [2.75, 3.05) is 11.5 Å². The van der Waals surface area contributed by atoms with Crippen LogP contribution in [0.4, 0.5) is 0 Å². The molecule has 0 aromatic heterocycles. The molecular formula is C9H14O4S. The molecule has 1 heterocycles. The molecule has 2 atom stereocenters. The van der Waals surface area contributed by atoms with Gasteiger partial charge in [-0.2, -0.15) is 11.8 Å². The highest BCUT2D eigenvalue weighted by atomic mass is 32.2. The van der Waals surface area contributed by atoms with Crippen molar-refractivity contribution in [3.63, 3.8) is 0 Å². The molecule has 0 amide bonds. The Bertz CT molecular complexity index is 223. The second-order valence-electron chi connectivity index (χ2n) is 3.52. The molecule has 1 rings (SSSR count). The number of carboxylic acid groups (broad SMARTS) is 2. The maximum atomic E-state index is 10.9. The molecule has 1 aliphatic heterocycles. The van der Waals surface area contributed by atoms with Gasteiger partial charge < -0.3 is 10.2 Å². The normalized spacial score (nSPS) is 24.1. The summed E-state index contributed by atoms with van der Waals surface area (Å²) in [7, 11) is 0. The zero-order valence-corrected chi connectivity index (χ0v) is 8.63. The minimum atomic E-state index is -1.02. The van der Waals surface area contributed by atoms with Crippen molar-refractivity contribution in [2.45, 2.75) is 19.3 Å². The molecule has 4 nitrogen and oxygen atoms in total. The van der Waals surface area contributed by atoms with E-state index in [0.29, 0.717) is 0 Å². The largest absolute Gasteiger partial charge is 0.481 e. The summed E-state index contributed by atoms with van der Waals surface area (Å²) in [6, 6.07) is 0. The third-order valence-electron chi connectivity index (χ3n) is 2.48. The Labute approximate surface area is 86.7 Å². The van der Waals surface area contributed by atoms with Gasteiger partial charge in [0.15, 0.2) is 0 Å². The second kappa shape index (κ2) is 5.24. The third-order valence-corrected chi connectivity index (χ3v) is 3.72. The van der Waals surface area contributed by atoms with E-state index >= 15 is 0 Å². The Balaban J connectivity index is 2.56. The van der Waals surface area contributed by atoms with Crippen LogP contribution < -0.4 is 0 Å². The van der Waals surface area contributed by atoms with Crippen LogP contribution in [0.15, 0.2) is 0 Å². The van der Waals surface area contributed by atoms with E-state index in [4.69, 9.17) is 10.2 Å². The van der Waals surface area contributed by atoms with Crippen molar-refractivity contribution in [1.82, 2.24) is 0 Å². The van der Waals surface area contributed by atoms with Crippen LogP contribution in [-0.4, -0.2) is 33.7 Å². The molecule has 5 heteroatoms. The van der Waals surface area contributed by atoms with Gasteiger partial charge in [0.25, 0.3) is 0 Å². The molecule has 80 valence electrons. The van der Waals surface area contributed by atoms with Crippen LogP contribution in [0.3, 0.4) is 0 Å². The van der Waals surface area contributed by atoms with Crippen LogP contribution >= 0.6 is 11.8 Å². The number of hydrogen-bond acceptors (Lipinski definition) is 3. The Morgan fingerprint density at radius 3 is 2.57 bits per heavy atom. The van der Waals surface area contributed by atoms with Crippen LogP contribution in [0, 0.1) is 11.8 Å². The van der Waals surface area contributed by atoms with E-state index in [2.05, 4.69) is 0 Å². The van der Waals surface area contributed by atoms with Gasteiger partial charge in [-0.3, -0.25) is 9.59 Å². The molecule has 1 saturated heterocycles. The van der Waals surface area contributed by atoms with Crippen LogP contribution in [0.2, 0.25) is 0 Å². The Hall–Kier alpha value is -0.710. The van der Waals surface area contributed by atoms with Crippen molar-refractivity contribution >= 4 is 23.7 Å². The summed E-state index contributed by atoms with van der Waals surface area (Å²) in [6.45, 7) is 0. The molecule has 0 radical (unpaired) electrons. The van der Waals surface area contributed by atoms with Gasteiger partial charge in [-0.25, -0.2) is 0 Å². The average molecular weight is 218 g/mol. The molecule has 0 aliphatic carbocycles. The van der Waals surface area contributed by atoms with E-state index in [9.17, 15) is 9.59 Å². The fourth-order valence-corrected chi connectivity index (χ4v) is 2.97. The third kappa shape index (κ3) is 3.21. The first kappa shape index (κ1) is 11.4. The quantitative estimate of drug-likeness (QED) is 0.744. The smallest absolute Gasteiger partial charge is 0.307 e. The van der Waals surface area contributed by atoms with Gasteiger partial charge in [0.1, 0.15) is 0 Å². The molecule has 0 spiro atoms. The zero-order valence-electron chi connectivity index (χ0n) is 7.81. The highest BCUT2D eigenvalue weighted by Gasteiger charge is 2.31. The summed E-state index contributed by atoms with van der Waals surface area (Å²) in [5.41, 5.74) is 0. The number of thioether (sulfide) groups is 1. The molecule has 0 saturated carbocycles. The molecule has 1 aliphatic rings. The highest BCUT2D eigenvalue weighted by molar-refractivity contribution is 7.99. The summed E-state index contributed by atoms with van der Waals surface area (Å²) >= 11 is 1.72. The van der Waals surface area contributed by atoms with Gasteiger partial charge in [-0.15, -0.1) is 0 Å². The lowest BCUT2D eigenvalue weighted by atomic mass is 9.87. The number of rotatable bonds is 4. The molecule has 0 aromatic rings. The average Bonchev–Trinajstić information content (AvgIpc) is 2.15. The van der Waals surface area contributed by atoms with Gasteiger partial charge in [0.2, 0.25) is 0 Å². The maximum absolute atomic E-state index is 10.9. The van der Waals surface area contributed by atoms with E-state index in [1.807, 2.05) is 0 Å². The highest BCUT2D eigenvalue weighted by Crippen LogP contribution is 2.30. The summed E-state index contributed by atoms with van der Waals surface area (Å²) in [6.07, 6.45) is 1.59. The number of aliphatic carboxylic acids is 2. The molecule has 2 N–H and O–H groups in total. The SMILES string of the molecule is O=C(O)CC(C(=O)O)C1CCCSC1. The van der Waals surface area contributed by atoms with E-state index in [1.165, 1.54) is 0 Å². The van der Waals surface area contributed by atoms with Crippen LogP contribution in [0.5, 0.6) is 0 Å². The number of carbonyl (C=O) groups is 2. The molecular weight excluding hydrogens is 204 g/mol. The summed E-state index contributed by atoms with van der Waals surface area (Å²) in [4.78, 5) is 21.3. The monoisotopic (exact) mass is 218 g/mol. The molecule has 0 bridgehead atoms. The van der Waals surface area contributed by atoms with Crippen LogP contribution in [-0.2, 0) is 9.59 Å². The van der Waals surface area contributed by atoms with Crippen molar-refractivity contribution < 1.29 is 19.8 Å². The Morgan fingerprint density at radius 1 is 1.43 bits per heavy atom. The Morgan fingerprint density at radius 2 is 2.14 bits per heavy atom. The first-order chi connectivity index (χ1) is 6.61. The van der Waals surface area contributed by atoms with E-state index < -0.39 is 17.9 Å². The summed E-state index contributed by atoms with van der Waals surface area (Å²) in [5, 5.41) is 17.5. The number of carboxylic acids is 2. The maximum Gasteiger partial charge on any atom is 0.307 e. The predicted octanol–water partition coefficient (Wildman–Crippen LogP) is 1.31. The standard InChI is InChI=1S/C9H14O4S/c10-8(11)4-7(9(12)13)6-2-1-3-14-5-6/h6-7H,1-5H2,(H,10,11)(H,12,13). The molecule has 2 unspecified atom stereocenters. The minimum Gasteiger partial charge on any atom is -0.481 e. The first-order valence-corrected chi connectivity index (χ1v) is 5.79. The topological polar surface area (TPSA) is 74.6 Å². The fraction of sp³-hybridized carbons (Fsp3) is 0.778. The van der Waals surface area contributed by atoms with Crippen molar-refractivity contribution in [3.8, 4) is 0 Å². The predicted molar refractivity (Wildman–Crippen MR) is 53.4 cm³/mol. The molecule has 14 heavy (non-hydrogen) atoms. The molecule has 1 fully saturated rings. The van der Waals surface area contributed by atoms with Crippen LogP contribution in [0.1, 0.15) is 19.3 Å². The van der Waals surface area contributed by atoms with Crippen LogP contribution in [0.25, 0.3) is 0 Å². The van der Waals surface area contributed by atoms with E-state index in [-0.39, 0.29) is 12.3 Å². The number of hydrogen-bond donors (Lipinski definition) is 2. The molecule has 0 aromatic carbocycles. The lowest BCUT2D eigenvalue weighted by molar-refractivity contribution is -0.150. The minimum absolute atomic E-state index is 0.0300. The fourth-order valence-electron chi connectivity index (χ4n) is 1.73. The van der Waals surface area contributed by atoms with Crippen molar-refractivity contribution in [3.05, 3.63) is 0 Å². The Kier molecular flexibility index (Phi) is 4.25. The van der Waals surface area contributed by atoms with Gasteiger partial charge in [0.05, 0.1) is 12.3 Å². The van der Waals surface area contributed by atoms with E-state index in [1.54, 1.807) is 11.8 Å². The van der Waals surface area contributed by atoms with Crippen molar-refractivity contribution in [1.29, 1.82) is 0 Å². The first-order valence-electron chi connectivity index (χ1n) is 4.63. The second-order valence-corrected chi connectivity index (χ2v) is 4.67. The van der Waals surface area contributed by atoms with E-state index in [0.717, 1.165) is 24.3 Å². The van der Waals surface area contributed by atoms with Gasteiger partial charge in [0, 0.05) is 0 Å². The zero-order chi connectivity index (χ0) is 10.6. The van der Waals surface area contributed by atoms with Crippen molar-refractivity contribution in [2.24, 2.45) is 11.8 Å². The van der Waals surface area contributed by atoms with Gasteiger partial charge in [-0.05, 0) is 30.3 Å². The van der Waals surface area contributed by atoms with Gasteiger partial charge >= 0.3 is 11.9 Å². The lowest BCUT2D eigenvalue weighted by Gasteiger charge is -2.25. The lowest BCUT2D eigenvalue weighted by Crippen LogP contribution is -2.29. The van der Waals surface area contributed by atoms with Gasteiger partial charge in [-0.1, -0.05) is 0 Å². The summed E-state index contributed by atoms with van der Waals surface area (Å²) in [5.74, 6) is -0.823.